The minimum Gasteiger partial charge on any atom is -0.298 e. The van der Waals surface area contributed by atoms with Gasteiger partial charge < -0.3 is 0 Å². The van der Waals surface area contributed by atoms with Crippen LogP contribution in [0.25, 0.3) is 0 Å². The summed E-state index contributed by atoms with van der Waals surface area (Å²) in [6.07, 6.45) is 6.28. The number of allylic oxidation sites excluding steroid dienone is 1. The molecule has 0 unspecified atom stereocenters. The van der Waals surface area contributed by atoms with Gasteiger partial charge in [-0.05, 0) is 25.7 Å². The summed E-state index contributed by atoms with van der Waals surface area (Å²) >= 11 is 1.50. The zero-order chi connectivity index (χ0) is 13.2. The van der Waals surface area contributed by atoms with Crippen molar-refractivity contribution in [3.8, 4) is 0 Å². The molecule has 0 aliphatic heterocycles. The van der Waals surface area contributed by atoms with Crippen LogP contribution in [0.4, 0.5) is 5.13 Å². The number of nitrogens with one attached hydrogen (secondary N) is 1. The number of nitrogens with zero attached hydrogens (tertiary/aromatic N) is 1. The molecule has 1 heterocycles. The first-order valence-electron chi connectivity index (χ1n) is 6.43. The largest absolute Gasteiger partial charge is 0.298 e. The van der Waals surface area contributed by atoms with E-state index in [2.05, 4.69) is 37.1 Å². The van der Waals surface area contributed by atoms with E-state index in [0.29, 0.717) is 5.13 Å². The molecule has 3 nitrogen and oxygen atoms in total. The van der Waals surface area contributed by atoms with Gasteiger partial charge in [0.25, 0.3) is 5.91 Å². The van der Waals surface area contributed by atoms with Crippen molar-refractivity contribution in [2.45, 2.75) is 51.9 Å². The lowest BCUT2D eigenvalue weighted by atomic mass is 9.93. The average Bonchev–Trinajstić information content (AvgIpc) is 2.78. The number of hydrogen-bond donors (Lipinski definition) is 1. The van der Waals surface area contributed by atoms with Crippen molar-refractivity contribution < 1.29 is 4.79 Å². The molecule has 1 amide bonds. The Bertz CT molecular complexity index is 468. The second-order valence-electron chi connectivity index (χ2n) is 5.72. The van der Waals surface area contributed by atoms with Crippen LogP contribution in [-0.2, 0) is 10.2 Å². The first kappa shape index (κ1) is 13.3. The topological polar surface area (TPSA) is 42.0 Å². The molecule has 2 rings (SSSR count). The van der Waals surface area contributed by atoms with E-state index >= 15 is 0 Å². The summed E-state index contributed by atoms with van der Waals surface area (Å²) in [6.45, 7) is 6.37. The molecule has 0 saturated carbocycles. The molecule has 1 N–H and O–H groups in total. The van der Waals surface area contributed by atoms with E-state index in [9.17, 15) is 4.79 Å². The lowest BCUT2D eigenvalue weighted by molar-refractivity contribution is -0.113. The van der Waals surface area contributed by atoms with Crippen molar-refractivity contribution in [3.63, 3.8) is 0 Å². The number of rotatable bonds is 2. The molecule has 0 bridgehead atoms. The third kappa shape index (κ3) is 3.19. The molecule has 4 heteroatoms. The zero-order valence-electron chi connectivity index (χ0n) is 11.2. The maximum absolute atomic E-state index is 12.0. The van der Waals surface area contributed by atoms with Gasteiger partial charge in [0.05, 0.1) is 5.69 Å². The Hall–Kier alpha value is -1.16. The highest BCUT2D eigenvalue weighted by atomic mass is 32.1. The summed E-state index contributed by atoms with van der Waals surface area (Å²) in [5.74, 6) is 0.0181. The van der Waals surface area contributed by atoms with E-state index in [1.165, 1.54) is 17.8 Å². The molecule has 98 valence electrons. The van der Waals surface area contributed by atoms with Gasteiger partial charge in [-0.2, -0.15) is 0 Å². The molecule has 0 saturated heterocycles. The summed E-state index contributed by atoms with van der Waals surface area (Å²) in [6, 6.07) is 0. The number of anilines is 1. The van der Waals surface area contributed by atoms with Gasteiger partial charge in [-0.3, -0.25) is 10.1 Å². The molecule has 0 radical (unpaired) electrons. The van der Waals surface area contributed by atoms with Crippen LogP contribution in [0.2, 0.25) is 0 Å². The first-order chi connectivity index (χ1) is 8.47. The highest BCUT2D eigenvalue weighted by molar-refractivity contribution is 7.14. The van der Waals surface area contributed by atoms with Crippen molar-refractivity contribution in [1.29, 1.82) is 0 Å². The second-order valence-corrected chi connectivity index (χ2v) is 6.58. The van der Waals surface area contributed by atoms with E-state index in [1.54, 1.807) is 0 Å². The van der Waals surface area contributed by atoms with Crippen LogP contribution < -0.4 is 5.32 Å². The molecular formula is C14H20N2OS. The monoisotopic (exact) mass is 264 g/mol. The van der Waals surface area contributed by atoms with Gasteiger partial charge in [-0.15, -0.1) is 11.3 Å². The molecule has 1 aromatic heterocycles. The minimum absolute atomic E-state index is 0.0181. The summed E-state index contributed by atoms with van der Waals surface area (Å²) < 4.78 is 0. The SMILES string of the molecule is CC(C)(C)c1csc(NC(=O)C2=CCCCC2)n1. The summed E-state index contributed by atoms with van der Waals surface area (Å²) in [7, 11) is 0. The van der Waals surface area contributed by atoms with E-state index in [0.717, 1.165) is 30.5 Å². The molecule has 1 aliphatic rings. The third-order valence-corrected chi connectivity index (χ3v) is 3.83. The van der Waals surface area contributed by atoms with E-state index in [-0.39, 0.29) is 11.3 Å². The maximum atomic E-state index is 12.0. The summed E-state index contributed by atoms with van der Waals surface area (Å²) in [5.41, 5.74) is 1.97. The van der Waals surface area contributed by atoms with Crippen molar-refractivity contribution in [1.82, 2.24) is 4.98 Å². The number of carbonyl (C=O) groups is 1. The van der Waals surface area contributed by atoms with Gasteiger partial charge in [0.1, 0.15) is 0 Å². The number of thiazole rings is 1. The van der Waals surface area contributed by atoms with Crippen molar-refractivity contribution >= 4 is 22.4 Å². The molecule has 0 spiro atoms. The van der Waals surface area contributed by atoms with E-state index < -0.39 is 0 Å². The number of aromatic nitrogens is 1. The lowest BCUT2D eigenvalue weighted by Crippen LogP contribution is -2.16. The Morgan fingerprint density at radius 3 is 2.72 bits per heavy atom. The van der Waals surface area contributed by atoms with Crippen molar-refractivity contribution in [2.75, 3.05) is 5.32 Å². The van der Waals surface area contributed by atoms with Crippen molar-refractivity contribution in [3.05, 3.63) is 22.7 Å². The number of hydrogen-bond acceptors (Lipinski definition) is 3. The fraction of sp³-hybridized carbons (Fsp3) is 0.571. The summed E-state index contributed by atoms with van der Waals surface area (Å²) in [5, 5.41) is 5.63. The Kier molecular flexibility index (Phi) is 3.85. The van der Waals surface area contributed by atoms with Gasteiger partial charge in [-0.25, -0.2) is 4.98 Å². The number of carbonyl (C=O) groups excluding carboxylic acids is 1. The molecule has 0 fully saturated rings. The predicted molar refractivity (Wildman–Crippen MR) is 76.0 cm³/mol. The smallest absolute Gasteiger partial charge is 0.253 e. The quantitative estimate of drug-likeness (QED) is 0.880. The Morgan fingerprint density at radius 1 is 1.39 bits per heavy atom. The predicted octanol–water partition coefficient (Wildman–Crippen LogP) is 3.88. The lowest BCUT2D eigenvalue weighted by Gasteiger charge is -2.14. The van der Waals surface area contributed by atoms with Crippen LogP contribution in [0.5, 0.6) is 0 Å². The van der Waals surface area contributed by atoms with Crippen LogP contribution in [0.3, 0.4) is 0 Å². The average molecular weight is 264 g/mol. The Balaban J connectivity index is 2.03. The Morgan fingerprint density at radius 2 is 2.17 bits per heavy atom. The molecule has 0 aromatic carbocycles. The minimum atomic E-state index is 0.0181. The maximum Gasteiger partial charge on any atom is 0.253 e. The second kappa shape index (κ2) is 5.22. The van der Waals surface area contributed by atoms with Crippen LogP contribution >= 0.6 is 11.3 Å². The van der Waals surface area contributed by atoms with Crippen LogP contribution in [0, 0.1) is 0 Å². The van der Waals surface area contributed by atoms with Gasteiger partial charge in [-0.1, -0.05) is 26.8 Å². The molecule has 18 heavy (non-hydrogen) atoms. The summed E-state index contributed by atoms with van der Waals surface area (Å²) in [4.78, 5) is 16.5. The number of amides is 1. The first-order valence-corrected chi connectivity index (χ1v) is 7.31. The molecule has 1 aromatic rings. The highest BCUT2D eigenvalue weighted by Crippen LogP contribution is 2.27. The van der Waals surface area contributed by atoms with Crippen LogP contribution in [0.1, 0.15) is 52.1 Å². The van der Waals surface area contributed by atoms with Gasteiger partial charge in [0.15, 0.2) is 5.13 Å². The van der Waals surface area contributed by atoms with Crippen molar-refractivity contribution in [2.24, 2.45) is 0 Å². The Labute approximate surface area is 112 Å². The fourth-order valence-electron chi connectivity index (χ4n) is 1.90. The highest BCUT2D eigenvalue weighted by Gasteiger charge is 2.19. The van der Waals surface area contributed by atoms with E-state index in [1.807, 2.05) is 5.38 Å². The van der Waals surface area contributed by atoms with Gasteiger partial charge in [0, 0.05) is 16.4 Å². The van der Waals surface area contributed by atoms with Gasteiger partial charge in [0.2, 0.25) is 0 Å². The van der Waals surface area contributed by atoms with E-state index in [4.69, 9.17) is 0 Å². The fourth-order valence-corrected chi connectivity index (χ4v) is 2.83. The molecular weight excluding hydrogens is 244 g/mol. The third-order valence-electron chi connectivity index (χ3n) is 3.08. The van der Waals surface area contributed by atoms with Crippen LogP contribution in [0.15, 0.2) is 17.0 Å². The normalized spacial score (nSPS) is 16.3. The zero-order valence-corrected chi connectivity index (χ0v) is 12.1. The van der Waals surface area contributed by atoms with Crippen LogP contribution in [-0.4, -0.2) is 10.9 Å². The standard InChI is InChI=1S/C14H20N2OS/c1-14(2,3)11-9-18-13(15-11)16-12(17)10-7-5-4-6-8-10/h7,9H,4-6,8H2,1-3H3,(H,15,16,17). The molecule has 0 atom stereocenters. The molecule has 1 aliphatic carbocycles. The van der Waals surface area contributed by atoms with Gasteiger partial charge >= 0.3 is 0 Å².